The predicted molar refractivity (Wildman–Crippen MR) is 109 cm³/mol. The van der Waals surface area contributed by atoms with E-state index < -0.39 is 0 Å². The van der Waals surface area contributed by atoms with Gasteiger partial charge in [-0.15, -0.1) is 24.0 Å². The maximum Gasteiger partial charge on any atom is 0.191 e. The molecule has 0 spiro atoms. The molecule has 0 bridgehead atoms. The quantitative estimate of drug-likeness (QED) is 0.197. The fourth-order valence-corrected chi connectivity index (χ4v) is 2.15. The van der Waals surface area contributed by atoms with E-state index in [0.29, 0.717) is 25.9 Å². The predicted octanol–water partition coefficient (Wildman–Crippen LogP) is 1.94. The average Bonchev–Trinajstić information content (AvgIpc) is 2.53. The minimum Gasteiger partial charge on any atom is -0.382 e. The van der Waals surface area contributed by atoms with Crippen LogP contribution in [-0.4, -0.2) is 77.1 Å². The number of hydrogen-bond acceptors (Lipinski definition) is 4. The highest BCUT2D eigenvalue weighted by Crippen LogP contribution is 1.99. The van der Waals surface area contributed by atoms with Crippen molar-refractivity contribution in [2.45, 2.75) is 39.7 Å². The van der Waals surface area contributed by atoms with Crippen LogP contribution < -0.4 is 10.6 Å². The average molecular weight is 444 g/mol. The van der Waals surface area contributed by atoms with E-state index in [-0.39, 0.29) is 24.0 Å². The van der Waals surface area contributed by atoms with Gasteiger partial charge in [-0.2, -0.15) is 0 Å². The molecule has 1 atom stereocenters. The Morgan fingerprint density at radius 1 is 1.17 bits per heavy atom. The molecule has 0 fully saturated rings. The summed E-state index contributed by atoms with van der Waals surface area (Å²) in [5.41, 5.74) is 0. The lowest BCUT2D eigenvalue weighted by atomic mass is 10.2. The molecule has 0 aliphatic heterocycles. The van der Waals surface area contributed by atoms with Gasteiger partial charge in [0.25, 0.3) is 0 Å². The molecule has 0 aromatic rings. The van der Waals surface area contributed by atoms with Crippen molar-refractivity contribution in [2.75, 3.05) is 60.2 Å². The Morgan fingerprint density at radius 3 is 2.43 bits per heavy atom. The summed E-state index contributed by atoms with van der Waals surface area (Å²) in [6, 6.07) is 0.413. The van der Waals surface area contributed by atoms with Gasteiger partial charge in [-0.25, -0.2) is 0 Å². The molecule has 0 saturated carbocycles. The summed E-state index contributed by atoms with van der Waals surface area (Å²) in [5, 5.41) is 6.68. The molecule has 0 aliphatic rings. The number of hydrogen-bond donors (Lipinski definition) is 2. The smallest absolute Gasteiger partial charge is 0.191 e. The highest BCUT2D eigenvalue weighted by Gasteiger charge is 2.06. The zero-order valence-corrected chi connectivity index (χ0v) is 17.9. The van der Waals surface area contributed by atoms with Crippen molar-refractivity contribution in [3.05, 3.63) is 0 Å². The minimum atomic E-state index is 0. The van der Waals surface area contributed by atoms with Crippen LogP contribution in [-0.2, 0) is 9.47 Å². The second-order valence-corrected chi connectivity index (χ2v) is 5.32. The third kappa shape index (κ3) is 15.2. The van der Waals surface area contributed by atoms with Gasteiger partial charge in [-0.1, -0.05) is 13.8 Å². The lowest BCUT2D eigenvalue weighted by Crippen LogP contribution is -2.43. The number of nitrogens with one attached hydrogen (secondary N) is 2. The summed E-state index contributed by atoms with van der Waals surface area (Å²) >= 11 is 0. The van der Waals surface area contributed by atoms with Crippen molar-refractivity contribution in [3.8, 4) is 0 Å². The third-order valence-electron chi connectivity index (χ3n) is 3.58. The molecule has 0 aliphatic carbocycles. The van der Waals surface area contributed by atoms with E-state index in [1.54, 1.807) is 14.2 Å². The topological polar surface area (TPSA) is 58.1 Å². The van der Waals surface area contributed by atoms with E-state index in [4.69, 9.17) is 9.47 Å². The fraction of sp³-hybridized carbons (Fsp3) is 0.938. The van der Waals surface area contributed by atoms with E-state index in [1.807, 2.05) is 0 Å². The molecule has 0 radical (unpaired) electrons. The van der Waals surface area contributed by atoms with Crippen LogP contribution in [0.25, 0.3) is 0 Å². The second-order valence-electron chi connectivity index (χ2n) is 5.32. The summed E-state index contributed by atoms with van der Waals surface area (Å²) in [5.74, 6) is 0.839. The largest absolute Gasteiger partial charge is 0.382 e. The monoisotopic (exact) mass is 444 g/mol. The summed E-state index contributed by atoms with van der Waals surface area (Å²) in [6.45, 7) is 12.7. The Morgan fingerprint density at radius 2 is 1.87 bits per heavy atom. The summed E-state index contributed by atoms with van der Waals surface area (Å²) in [4.78, 5) is 6.70. The first kappa shape index (κ1) is 25.1. The number of aliphatic imine (C=N–C) groups is 1. The lowest BCUT2D eigenvalue weighted by Gasteiger charge is -2.21. The second kappa shape index (κ2) is 18.2. The van der Waals surface area contributed by atoms with Gasteiger partial charge in [0.05, 0.1) is 19.8 Å². The van der Waals surface area contributed by atoms with Gasteiger partial charge in [0.15, 0.2) is 5.96 Å². The van der Waals surface area contributed by atoms with Gasteiger partial charge in [0.2, 0.25) is 0 Å². The number of rotatable bonds is 13. The zero-order valence-electron chi connectivity index (χ0n) is 15.6. The minimum absolute atomic E-state index is 0. The van der Waals surface area contributed by atoms with Crippen LogP contribution in [0.5, 0.6) is 0 Å². The van der Waals surface area contributed by atoms with Gasteiger partial charge in [0.1, 0.15) is 0 Å². The normalized spacial score (nSPS) is 12.9. The Kier molecular flexibility index (Phi) is 19.9. The number of halogens is 1. The van der Waals surface area contributed by atoms with Crippen LogP contribution in [0.1, 0.15) is 33.6 Å². The molecular weight excluding hydrogens is 407 g/mol. The molecular formula is C16H37IN4O2. The maximum absolute atomic E-state index is 5.41. The molecule has 7 heteroatoms. The third-order valence-corrected chi connectivity index (χ3v) is 3.58. The molecule has 0 rings (SSSR count). The first-order valence-electron chi connectivity index (χ1n) is 8.44. The van der Waals surface area contributed by atoms with Crippen LogP contribution in [0.2, 0.25) is 0 Å². The molecule has 23 heavy (non-hydrogen) atoms. The van der Waals surface area contributed by atoms with Crippen molar-refractivity contribution in [1.82, 2.24) is 15.5 Å². The lowest BCUT2D eigenvalue weighted by molar-refractivity contribution is 0.0733. The van der Waals surface area contributed by atoms with Gasteiger partial charge >= 0.3 is 0 Å². The van der Waals surface area contributed by atoms with E-state index in [1.165, 1.54) is 13.0 Å². The Balaban J connectivity index is 0. The van der Waals surface area contributed by atoms with Crippen LogP contribution >= 0.6 is 24.0 Å². The van der Waals surface area contributed by atoms with Crippen molar-refractivity contribution in [1.29, 1.82) is 0 Å². The van der Waals surface area contributed by atoms with Gasteiger partial charge in [0, 0.05) is 26.7 Å². The summed E-state index contributed by atoms with van der Waals surface area (Å²) in [6.07, 6.45) is 2.34. The zero-order chi connectivity index (χ0) is 16.6. The van der Waals surface area contributed by atoms with E-state index in [9.17, 15) is 0 Å². The van der Waals surface area contributed by atoms with Crippen molar-refractivity contribution >= 4 is 29.9 Å². The standard InChI is InChI=1S/C16H36N4O2.HI/c1-6-20(7-2)11-8-9-15(3)19-16(17-4)18-10-12-22-14-13-21-5;/h15H,6-14H2,1-5H3,(H2,17,18,19);1H. The molecule has 0 amide bonds. The highest BCUT2D eigenvalue weighted by atomic mass is 127. The molecule has 140 valence electrons. The molecule has 0 aromatic carbocycles. The maximum atomic E-state index is 5.41. The SMILES string of the molecule is CCN(CC)CCCC(C)NC(=NC)NCCOCCOC.I. The summed E-state index contributed by atoms with van der Waals surface area (Å²) in [7, 11) is 3.47. The van der Waals surface area contributed by atoms with E-state index >= 15 is 0 Å². The van der Waals surface area contributed by atoms with Crippen LogP contribution in [0.15, 0.2) is 4.99 Å². The van der Waals surface area contributed by atoms with Gasteiger partial charge in [-0.3, -0.25) is 4.99 Å². The van der Waals surface area contributed by atoms with Crippen molar-refractivity contribution in [2.24, 2.45) is 4.99 Å². The first-order valence-corrected chi connectivity index (χ1v) is 8.44. The van der Waals surface area contributed by atoms with Crippen LogP contribution in [0, 0.1) is 0 Å². The molecule has 0 aromatic heterocycles. The number of ether oxygens (including phenoxy) is 2. The molecule has 2 N–H and O–H groups in total. The molecule has 6 nitrogen and oxygen atoms in total. The molecule has 0 saturated heterocycles. The molecule has 0 heterocycles. The Hall–Kier alpha value is -0.120. The Labute approximate surface area is 159 Å². The van der Waals surface area contributed by atoms with Gasteiger partial charge < -0.3 is 25.0 Å². The molecule has 1 unspecified atom stereocenters. The first-order chi connectivity index (χ1) is 10.7. The van der Waals surface area contributed by atoms with Crippen LogP contribution in [0.3, 0.4) is 0 Å². The van der Waals surface area contributed by atoms with E-state index in [2.05, 4.69) is 41.3 Å². The van der Waals surface area contributed by atoms with Crippen LogP contribution in [0.4, 0.5) is 0 Å². The summed E-state index contributed by atoms with van der Waals surface area (Å²) < 4.78 is 10.3. The van der Waals surface area contributed by atoms with Gasteiger partial charge in [-0.05, 0) is 39.4 Å². The number of methoxy groups -OCH3 is 1. The Bertz CT molecular complexity index is 277. The highest BCUT2D eigenvalue weighted by molar-refractivity contribution is 14.0. The van der Waals surface area contributed by atoms with Crippen molar-refractivity contribution < 1.29 is 9.47 Å². The number of nitrogens with zero attached hydrogens (tertiary/aromatic N) is 2. The fourth-order valence-electron chi connectivity index (χ4n) is 2.15. The van der Waals surface area contributed by atoms with Crippen molar-refractivity contribution in [3.63, 3.8) is 0 Å². The number of guanidine groups is 1. The van der Waals surface area contributed by atoms with E-state index in [0.717, 1.165) is 32.0 Å².